The van der Waals surface area contributed by atoms with Crippen molar-refractivity contribution in [2.75, 3.05) is 0 Å². The molecule has 98 valence electrons. The standard InChI is InChI=1S/C10H15.C5H5.2ClH.Zr/c1-9(2)7-8-10-5-3-4-6-10;1-2-4-5-3-1;;;/h3,5,9H,4,7-8H2,1-2H3;1-3H,4H2;2*1H;/q;;;;+2/p-2. The van der Waals surface area contributed by atoms with Crippen LogP contribution in [0, 0.1) is 5.92 Å². The summed E-state index contributed by atoms with van der Waals surface area (Å²) >= 11 is -0.407. The van der Waals surface area contributed by atoms with E-state index in [4.69, 9.17) is 0 Å². The molecule has 0 aromatic rings. The Morgan fingerprint density at radius 2 is 1.94 bits per heavy atom. The number of hydrogen-bond acceptors (Lipinski definition) is 0. The Balaban J connectivity index is 0.00000144. The molecule has 0 aliphatic heterocycles. The van der Waals surface area contributed by atoms with Gasteiger partial charge in [0.1, 0.15) is 0 Å². The zero-order chi connectivity index (χ0) is 11.4. The fraction of sp³-hybridized carbons (Fsp3) is 0.467. The molecule has 0 saturated heterocycles. The minimum absolute atomic E-state index is 0. The van der Waals surface area contributed by atoms with Crippen LogP contribution in [0.5, 0.6) is 0 Å². The Bertz CT molecular complexity index is 376. The summed E-state index contributed by atoms with van der Waals surface area (Å²) in [6, 6.07) is 0. The van der Waals surface area contributed by atoms with E-state index in [1.807, 2.05) is 3.28 Å². The van der Waals surface area contributed by atoms with Crippen molar-refractivity contribution in [3.63, 3.8) is 0 Å². The molecule has 0 saturated carbocycles. The maximum Gasteiger partial charge on any atom is -1.00 e. The molecule has 0 bridgehead atoms. The summed E-state index contributed by atoms with van der Waals surface area (Å²) in [6.07, 6.45) is 16.8. The minimum atomic E-state index is -0.407. The van der Waals surface area contributed by atoms with Gasteiger partial charge in [-0.2, -0.15) is 0 Å². The van der Waals surface area contributed by atoms with Gasteiger partial charge < -0.3 is 24.8 Å². The van der Waals surface area contributed by atoms with E-state index in [0.717, 1.165) is 5.92 Å². The van der Waals surface area contributed by atoms with E-state index in [2.05, 4.69) is 44.2 Å². The minimum Gasteiger partial charge on any atom is -1.00 e. The van der Waals surface area contributed by atoms with Crippen molar-refractivity contribution in [3.05, 3.63) is 42.5 Å². The summed E-state index contributed by atoms with van der Waals surface area (Å²) in [5.41, 5.74) is 1.69. The molecule has 0 spiro atoms. The Kier molecular flexibility index (Phi) is 9.57. The second-order valence-corrected chi connectivity index (χ2v) is 8.67. The van der Waals surface area contributed by atoms with Gasteiger partial charge in [0.05, 0.1) is 0 Å². The van der Waals surface area contributed by atoms with Gasteiger partial charge in [-0.1, -0.05) is 0 Å². The summed E-state index contributed by atoms with van der Waals surface area (Å²) in [4.78, 5) is 0. The largest absolute Gasteiger partial charge is 1.00 e. The monoisotopic (exact) mass is 360 g/mol. The molecule has 3 heteroatoms. The second-order valence-electron chi connectivity index (χ2n) is 4.99. The average Bonchev–Trinajstić information content (AvgIpc) is 2.87. The van der Waals surface area contributed by atoms with Crippen LogP contribution >= 0.6 is 0 Å². The molecule has 0 N–H and O–H groups in total. The first-order valence-electron chi connectivity index (χ1n) is 6.27. The molecule has 0 radical (unpaired) electrons. The van der Waals surface area contributed by atoms with Crippen LogP contribution in [0.3, 0.4) is 0 Å². The normalized spacial score (nSPS) is 16.5. The van der Waals surface area contributed by atoms with E-state index in [-0.39, 0.29) is 24.8 Å². The number of halogens is 2. The summed E-state index contributed by atoms with van der Waals surface area (Å²) in [6.45, 7) is 4.64. The van der Waals surface area contributed by atoms with E-state index in [0.29, 0.717) is 0 Å². The molecule has 0 fully saturated rings. The molecule has 2 rings (SSSR count). The molecule has 2 aliphatic rings. The Morgan fingerprint density at radius 3 is 2.56 bits per heavy atom. The molecule has 0 amide bonds. The summed E-state index contributed by atoms with van der Waals surface area (Å²) < 4.78 is 3.59. The van der Waals surface area contributed by atoms with Gasteiger partial charge in [0.15, 0.2) is 0 Å². The van der Waals surface area contributed by atoms with Crippen molar-refractivity contribution in [2.24, 2.45) is 5.92 Å². The van der Waals surface area contributed by atoms with Crippen LogP contribution in [-0.2, 0) is 23.2 Å². The average molecular weight is 362 g/mol. The summed E-state index contributed by atoms with van der Waals surface area (Å²) in [7, 11) is 0. The molecule has 2 aliphatic carbocycles. The first-order valence-corrected chi connectivity index (χ1v) is 8.73. The zero-order valence-electron chi connectivity index (χ0n) is 11.0. The van der Waals surface area contributed by atoms with Crippen LogP contribution in [-0.4, -0.2) is 0 Å². The van der Waals surface area contributed by atoms with Gasteiger partial charge in [0.25, 0.3) is 0 Å². The van der Waals surface area contributed by atoms with Crippen LogP contribution in [0.15, 0.2) is 42.5 Å². The fourth-order valence-corrected chi connectivity index (χ4v) is 5.48. The van der Waals surface area contributed by atoms with Crippen LogP contribution < -0.4 is 24.8 Å². The summed E-state index contributed by atoms with van der Waals surface area (Å²) in [5, 5.41) is 0. The van der Waals surface area contributed by atoms with Crippen LogP contribution in [0.2, 0.25) is 0 Å². The number of allylic oxidation sites excluding steroid dienone is 8. The van der Waals surface area contributed by atoms with Gasteiger partial charge in [-0.25, -0.2) is 0 Å². The van der Waals surface area contributed by atoms with E-state index < -0.39 is 23.2 Å². The van der Waals surface area contributed by atoms with Crippen molar-refractivity contribution < 1.29 is 48.0 Å². The van der Waals surface area contributed by atoms with Gasteiger partial charge >= 0.3 is 111 Å². The quantitative estimate of drug-likeness (QED) is 0.563. The maximum atomic E-state index is 2.39. The molecule has 0 atom stereocenters. The van der Waals surface area contributed by atoms with Gasteiger partial charge in [-0.15, -0.1) is 0 Å². The molecule has 0 aromatic heterocycles. The summed E-state index contributed by atoms with van der Waals surface area (Å²) in [5.74, 6) is 0.834. The molecule has 0 aromatic carbocycles. The fourth-order valence-electron chi connectivity index (χ4n) is 2.09. The molecule has 0 heterocycles. The Labute approximate surface area is 135 Å². The van der Waals surface area contributed by atoms with Crippen LogP contribution in [0.25, 0.3) is 0 Å². The second kappa shape index (κ2) is 9.35. The Morgan fingerprint density at radius 1 is 1.17 bits per heavy atom. The predicted molar refractivity (Wildman–Crippen MR) is 66.7 cm³/mol. The van der Waals surface area contributed by atoms with E-state index in [1.165, 1.54) is 25.7 Å². The predicted octanol–water partition coefficient (Wildman–Crippen LogP) is -1.43. The first kappa shape index (κ1) is 18.4. The molecular weight excluding hydrogens is 342 g/mol. The third-order valence-corrected chi connectivity index (χ3v) is 6.84. The third kappa shape index (κ3) is 5.60. The first-order chi connectivity index (χ1) is 7.75. The van der Waals surface area contributed by atoms with Crippen LogP contribution in [0.4, 0.5) is 0 Å². The van der Waals surface area contributed by atoms with Gasteiger partial charge in [0.2, 0.25) is 0 Å². The Hall–Kier alpha value is 0.423. The molecule has 0 unspecified atom stereocenters. The van der Waals surface area contributed by atoms with Crippen molar-refractivity contribution in [1.29, 1.82) is 0 Å². The molecular formula is C15H20Cl2Zr. The SMILES string of the molecule is CC(C)CCC1=[C]([Zr+2][C]2=CC=CC2)CC=C1.[Cl-].[Cl-]. The number of hydrogen-bond donors (Lipinski definition) is 0. The van der Waals surface area contributed by atoms with Crippen LogP contribution in [0.1, 0.15) is 39.5 Å². The van der Waals surface area contributed by atoms with Crippen molar-refractivity contribution >= 4 is 0 Å². The molecule has 0 nitrogen and oxygen atoms in total. The van der Waals surface area contributed by atoms with E-state index >= 15 is 0 Å². The van der Waals surface area contributed by atoms with Gasteiger partial charge in [-0.05, 0) is 0 Å². The maximum absolute atomic E-state index is 2.39. The van der Waals surface area contributed by atoms with E-state index in [9.17, 15) is 0 Å². The van der Waals surface area contributed by atoms with E-state index in [1.54, 1.807) is 8.85 Å². The van der Waals surface area contributed by atoms with Gasteiger partial charge in [-0.3, -0.25) is 0 Å². The smallest absolute Gasteiger partial charge is 1.00 e. The topological polar surface area (TPSA) is 0 Å². The zero-order valence-corrected chi connectivity index (χ0v) is 15.0. The van der Waals surface area contributed by atoms with Crippen molar-refractivity contribution in [1.82, 2.24) is 0 Å². The number of rotatable bonds is 5. The van der Waals surface area contributed by atoms with Crippen molar-refractivity contribution in [2.45, 2.75) is 39.5 Å². The molecule has 18 heavy (non-hydrogen) atoms. The van der Waals surface area contributed by atoms with Gasteiger partial charge in [0, 0.05) is 0 Å². The third-order valence-electron chi connectivity index (χ3n) is 3.10. The van der Waals surface area contributed by atoms with Crippen molar-refractivity contribution in [3.8, 4) is 0 Å².